The van der Waals surface area contributed by atoms with Gasteiger partial charge in [-0.1, -0.05) is 12.1 Å². The van der Waals surface area contributed by atoms with E-state index in [1.165, 1.54) is 22.8 Å². The lowest BCUT2D eigenvalue weighted by Crippen LogP contribution is -2.16. The van der Waals surface area contributed by atoms with Crippen LogP contribution in [0.15, 0.2) is 71.8 Å². The molecule has 7 heteroatoms. The number of nitrogens with zero attached hydrogens (tertiary/aromatic N) is 3. The first-order valence-corrected chi connectivity index (χ1v) is 8.15. The van der Waals surface area contributed by atoms with E-state index in [2.05, 4.69) is 5.10 Å². The number of hydrogen-bond donors (Lipinski definition) is 0. The van der Waals surface area contributed by atoms with Crippen LogP contribution in [-0.2, 0) is 13.2 Å². The average molecular weight is 369 g/mol. The minimum Gasteiger partial charge on any atom is -0.284 e. The van der Waals surface area contributed by atoms with Gasteiger partial charge in [0.15, 0.2) is 0 Å². The van der Waals surface area contributed by atoms with E-state index >= 15 is 0 Å². The average Bonchev–Trinajstić information content (AvgIpc) is 3.01. The Kier molecular flexibility index (Phi) is 3.87. The number of aromatic nitrogens is 3. The van der Waals surface area contributed by atoms with Gasteiger partial charge in [0.25, 0.3) is 5.56 Å². The lowest BCUT2D eigenvalue weighted by molar-refractivity contribution is -0.137. The molecule has 0 amide bonds. The molecule has 0 atom stereocenters. The summed E-state index contributed by atoms with van der Waals surface area (Å²) in [5, 5.41) is 5.09. The van der Waals surface area contributed by atoms with Gasteiger partial charge < -0.3 is 0 Å². The van der Waals surface area contributed by atoms with Crippen molar-refractivity contribution in [3.63, 3.8) is 0 Å². The van der Waals surface area contributed by atoms with Gasteiger partial charge in [0.2, 0.25) is 0 Å². The zero-order valence-corrected chi connectivity index (χ0v) is 14.2. The van der Waals surface area contributed by atoms with Gasteiger partial charge in [0, 0.05) is 30.4 Å². The Labute approximate surface area is 152 Å². The summed E-state index contributed by atoms with van der Waals surface area (Å²) in [6, 6.07) is 13.4. The molecule has 2 aromatic carbocycles. The summed E-state index contributed by atoms with van der Waals surface area (Å²) in [5.41, 5.74) is 1.77. The highest BCUT2D eigenvalue weighted by molar-refractivity contribution is 5.80. The lowest BCUT2D eigenvalue weighted by atomic mass is 10.0. The van der Waals surface area contributed by atoms with Crippen molar-refractivity contribution < 1.29 is 13.2 Å². The van der Waals surface area contributed by atoms with Gasteiger partial charge in [-0.2, -0.15) is 18.3 Å². The van der Waals surface area contributed by atoms with Crippen molar-refractivity contribution in [1.82, 2.24) is 14.3 Å². The summed E-state index contributed by atoms with van der Waals surface area (Å²) in [5.74, 6) is 0. The Balaban J connectivity index is 1.70. The molecule has 0 saturated heterocycles. The molecule has 0 radical (unpaired) electrons. The monoisotopic (exact) mass is 369 g/mol. The Bertz CT molecular complexity index is 1190. The largest absolute Gasteiger partial charge is 0.416 e. The maximum absolute atomic E-state index is 12.7. The van der Waals surface area contributed by atoms with Crippen molar-refractivity contribution in [3.05, 3.63) is 82.9 Å². The van der Waals surface area contributed by atoms with E-state index in [0.29, 0.717) is 16.8 Å². The Hall–Kier alpha value is -3.35. The molecule has 2 heterocycles. The van der Waals surface area contributed by atoms with Crippen LogP contribution >= 0.6 is 0 Å². The minimum atomic E-state index is -4.38. The number of benzene rings is 2. The summed E-state index contributed by atoms with van der Waals surface area (Å²) in [6.45, 7) is 0. The van der Waals surface area contributed by atoms with Crippen molar-refractivity contribution in [2.24, 2.45) is 7.05 Å². The third kappa shape index (κ3) is 3.12. The first-order chi connectivity index (χ1) is 12.8. The maximum atomic E-state index is 12.7. The predicted molar refractivity (Wildman–Crippen MR) is 96.7 cm³/mol. The molecule has 0 unspecified atom stereocenters. The molecule has 136 valence electrons. The van der Waals surface area contributed by atoms with Crippen LogP contribution in [0, 0.1) is 0 Å². The van der Waals surface area contributed by atoms with Crippen LogP contribution in [0.25, 0.3) is 27.7 Å². The van der Waals surface area contributed by atoms with Crippen molar-refractivity contribution in [2.45, 2.75) is 6.18 Å². The van der Waals surface area contributed by atoms with E-state index in [4.69, 9.17) is 0 Å². The maximum Gasteiger partial charge on any atom is 0.416 e. The van der Waals surface area contributed by atoms with Crippen molar-refractivity contribution >= 4 is 10.9 Å². The summed E-state index contributed by atoms with van der Waals surface area (Å²) in [4.78, 5) is 12.5. The topological polar surface area (TPSA) is 39.8 Å². The van der Waals surface area contributed by atoms with Gasteiger partial charge >= 0.3 is 6.18 Å². The molecule has 0 N–H and O–H groups in total. The minimum absolute atomic E-state index is 0.268. The second kappa shape index (κ2) is 6.12. The molecule has 4 rings (SSSR count). The molecule has 2 aromatic heterocycles. The SMILES string of the molecule is Cn1ncc2cc(-n3ccc(-c4ccc(C(F)(F)F)cc4)cc3=O)ccc21. The molecule has 0 aliphatic heterocycles. The lowest BCUT2D eigenvalue weighted by Gasteiger charge is -2.10. The standard InChI is InChI=1S/C20H14F3N3O/c1-25-18-7-6-17(10-15(18)12-24-25)26-9-8-14(11-19(26)27)13-2-4-16(5-3-13)20(21,22)23/h2-12H,1H3. The summed E-state index contributed by atoms with van der Waals surface area (Å²) < 4.78 is 41.3. The molecule has 0 aliphatic carbocycles. The highest BCUT2D eigenvalue weighted by Crippen LogP contribution is 2.30. The van der Waals surface area contributed by atoms with Crippen LogP contribution in [0.1, 0.15) is 5.56 Å². The van der Waals surface area contributed by atoms with Gasteiger partial charge in [-0.25, -0.2) is 0 Å². The summed E-state index contributed by atoms with van der Waals surface area (Å²) in [6.07, 6.45) is -1.04. The highest BCUT2D eigenvalue weighted by Gasteiger charge is 2.29. The molecular formula is C20H14F3N3O. The summed E-state index contributed by atoms with van der Waals surface area (Å²) >= 11 is 0. The van der Waals surface area contributed by atoms with Crippen LogP contribution in [0.2, 0.25) is 0 Å². The number of pyridine rings is 1. The van der Waals surface area contributed by atoms with Crippen LogP contribution in [-0.4, -0.2) is 14.3 Å². The number of halogens is 3. The molecule has 0 saturated carbocycles. The van der Waals surface area contributed by atoms with E-state index in [1.807, 2.05) is 25.2 Å². The number of alkyl halides is 3. The fraction of sp³-hybridized carbons (Fsp3) is 0.100. The Morgan fingerprint density at radius 1 is 0.926 bits per heavy atom. The van der Waals surface area contributed by atoms with Crippen molar-refractivity contribution in [2.75, 3.05) is 0 Å². The molecule has 0 aliphatic rings. The molecule has 0 bridgehead atoms. The van der Waals surface area contributed by atoms with Gasteiger partial charge in [0.05, 0.1) is 17.3 Å². The van der Waals surface area contributed by atoms with E-state index in [0.717, 1.165) is 23.0 Å². The highest BCUT2D eigenvalue weighted by atomic mass is 19.4. The van der Waals surface area contributed by atoms with Crippen LogP contribution in [0.5, 0.6) is 0 Å². The molecule has 4 nitrogen and oxygen atoms in total. The number of aryl methyl sites for hydroxylation is 1. The van der Waals surface area contributed by atoms with Gasteiger partial charge in [0.1, 0.15) is 0 Å². The Morgan fingerprint density at radius 2 is 1.67 bits per heavy atom. The number of rotatable bonds is 2. The molecule has 0 spiro atoms. The Morgan fingerprint density at radius 3 is 2.33 bits per heavy atom. The van der Waals surface area contributed by atoms with Gasteiger partial charge in [-0.3, -0.25) is 14.0 Å². The van der Waals surface area contributed by atoms with Crippen LogP contribution < -0.4 is 5.56 Å². The first-order valence-electron chi connectivity index (χ1n) is 8.15. The molecule has 0 fully saturated rings. The predicted octanol–water partition coefficient (Wildman–Crippen LogP) is 4.41. The molecule has 4 aromatic rings. The zero-order chi connectivity index (χ0) is 19.2. The molecule has 27 heavy (non-hydrogen) atoms. The van der Waals surface area contributed by atoms with Crippen LogP contribution in [0.4, 0.5) is 13.2 Å². The van der Waals surface area contributed by atoms with Gasteiger partial charge in [-0.05, 0) is 47.5 Å². The second-order valence-electron chi connectivity index (χ2n) is 6.21. The smallest absolute Gasteiger partial charge is 0.284 e. The quantitative estimate of drug-likeness (QED) is 0.525. The van der Waals surface area contributed by atoms with Crippen LogP contribution in [0.3, 0.4) is 0 Å². The van der Waals surface area contributed by atoms with E-state index < -0.39 is 11.7 Å². The third-order valence-electron chi connectivity index (χ3n) is 4.47. The zero-order valence-electron chi connectivity index (χ0n) is 14.2. The van der Waals surface area contributed by atoms with Crippen molar-refractivity contribution in [3.8, 4) is 16.8 Å². The second-order valence-corrected chi connectivity index (χ2v) is 6.21. The van der Waals surface area contributed by atoms with E-state index in [1.54, 1.807) is 23.1 Å². The summed E-state index contributed by atoms with van der Waals surface area (Å²) in [7, 11) is 1.84. The van der Waals surface area contributed by atoms with Crippen molar-refractivity contribution in [1.29, 1.82) is 0 Å². The fourth-order valence-corrected chi connectivity index (χ4v) is 3.02. The van der Waals surface area contributed by atoms with E-state index in [9.17, 15) is 18.0 Å². The van der Waals surface area contributed by atoms with E-state index in [-0.39, 0.29) is 5.56 Å². The first kappa shape index (κ1) is 17.1. The third-order valence-corrected chi connectivity index (χ3v) is 4.47. The molecular weight excluding hydrogens is 355 g/mol. The normalized spacial score (nSPS) is 11.9. The van der Waals surface area contributed by atoms with Gasteiger partial charge in [-0.15, -0.1) is 0 Å². The fourth-order valence-electron chi connectivity index (χ4n) is 3.02. The number of fused-ring (bicyclic) bond motifs is 1. The number of hydrogen-bond acceptors (Lipinski definition) is 2.